The van der Waals surface area contributed by atoms with Gasteiger partial charge in [-0.2, -0.15) is 0 Å². The standard InChI is InChI=1S/C8H19BrO2Si.Mg.2H/c1-4-6-10-8(9,12-3)11-7-5-2;;;/h4-7,12H2,1-3H3;;;/q;+2;2*-1. The van der Waals surface area contributed by atoms with Crippen molar-refractivity contribution in [3.63, 3.8) is 0 Å². The van der Waals surface area contributed by atoms with Gasteiger partial charge in [-0.05, 0) is 28.8 Å². The van der Waals surface area contributed by atoms with Crippen LogP contribution in [-0.2, 0) is 9.47 Å². The van der Waals surface area contributed by atoms with Crippen LogP contribution in [0, 0.1) is 0 Å². The maximum Gasteiger partial charge on any atom is 2.00 e. The Morgan fingerprint density at radius 2 is 1.62 bits per heavy atom. The van der Waals surface area contributed by atoms with Crippen molar-refractivity contribution < 1.29 is 12.3 Å². The molecule has 0 aliphatic heterocycles. The Morgan fingerprint density at radius 3 is 1.85 bits per heavy atom. The third-order valence-corrected chi connectivity index (χ3v) is 4.86. The molecule has 5 heteroatoms. The molecule has 0 spiro atoms. The first-order chi connectivity index (χ1) is 5.68. The minimum absolute atomic E-state index is 0. The molecule has 13 heavy (non-hydrogen) atoms. The average molecular weight is 282 g/mol. The molecule has 0 radical (unpaired) electrons. The third kappa shape index (κ3) is 8.38. The van der Waals surface area contributed by atoms with Gasteiger partial charge in [-0.25, -0.2) is 0 Å². The molecule has 0 aliphatic rings. The summed E-state index contributed by atoms with van der Waals surface area (Å²) in [6.07, 6.45) is 2.08. The summed E-state index contributed by atoms with van der Waals surface area (Å²) in [4.78, 5) is 0. The smallest absolute Gasteiger partial charge is 1.00 e. The molecule has 0 unspecified atom stereocenters. The largest absolute Gasteiger partial charge is 2.00 e. The van der Waals surface area contributed by atoms with Crippen molar-refractivity contribution in [3.8, 4) is 0 Å². The van der Waals surface area contributed by atoms with E-state index in [4.69, 9.17) is 9.47 Å². The van der Waals surface area contributed by atoms with E-state index in [1.807, 2.05) is 0 Å². The van der Waals surface area contributed by atoms with E-state index in [2.05, 4.69) is 36.3 Å². The van der Waals surface area contributed by atoms with Crippen LogP contribution >= 0.6 is 15.9 Å². The fourth-order valence-electron chi connectivity index (χ4n) is 0.755. The van der Waals surface area contributed by atoms with Crippen LogP contribution in [0.4, 0.5) is 0 Å². The third-order valence-electron chi connectivity index (χ3n) is 1.47. The van der Waals surface area contributed by atoms with E-state index >= 15 is 0 Å². The molecule has 0 atom stereocenters. The first-order valence-electron chi connectivity index (χ1n) is 4.65. The van der Waals surface area contributed by atoms with Crippen LogP contribution in [0.25, 0.3) is 0 Å². The zero-order valence-electron chi connectivity index (χ0n) is 10.9. The molecule has 0 aromatic carbocycles. The summed E-state index contributed by atoms with van der Waals surface area (Å²) in [6.45, 7) is 7.93. The van der Waals surface area contributed by atoms with Crippen LogP contribution in [0.3, 0.4) is 0 Å². The molecule has 0 heterocycles. The molecule has 78 valence electrons. The number of alkyl halides is 1. The molecule has 0 bridgehead atoms. The molecule has 0 aromatic heterocycles. The second kappa shape index (κ2) is 9.92. The maximum absolute atomic E-state index is 5.59. The Kier molecular flexibility index (Phi) is 12.8. The van der Waals surface area contributed by atoms with Crippen LogP contribution in [0.5, 0.6) is 0 Å². The molecule has 0 saturated carbocycles. The number of hydrogen-bond donors (Lipinski definition) is 0. The number of ether oxygens (including phenoxy) is 2. The van der Waals surface area contributed by atoms with Crippen molar-refractivity contribution in [3.05, 3.63) is 0 Å². The van der Waals surface area contributed by atoms with E-state index in [9.17, 15) is 0 Å². The minimum atomic E-state index is -0.404. The summed E-state index contributed by atoms with van der Waals surface area (Å²) in [6, 6.07) is 0. The van der Waals surface area contributed by atoms with Crippen LogP contribution < -0.4 is 0 Å². The van der Waals surface area contributed by atoms with Crippen molar-refractivity contribution in [2.24, 2.45) is 0 Å². The van der Waals surface area contributed by atoms with Crippen LogP contribution in [0.2, 0.25) is 6.55 Å². The first kappa shape index (κ1) is 16.8. The van der Waals surface area contributed by atoms with Gasteiger partial charge in [0, 0.05) is 0 Å². The van der Waals surface area contributed by atoms with Gasteiger partial charge < -0.3 is 12.3 Å². The fraction of sp³-hybridized carbons (Fsp3) is 1.00. The first-order valence-corrected chi connectivity index (χ1v) is 7.56. The summed E-state index contributed by atoms with van der Waals surface area (Å²) in [5.74, 6) is 0. The summed E-state index contributed by atoms with van der Waals surface area (Å²) >= 11 is 3.50. The SMILES string of the molecule is CCCOC(Br)(OCCC)[SiH2]C.[H-].[H-].[Mg+2]. The number of rotatable bonds is 7. The molecule has 0 rings (SSSR count). The quantitative estimate of drug-likeness (QED) is 0.403. The van der Waals surface area contributed by atoms with Crippen molar-refractivity contribution in [2.75, 3.05) is 13.2 Å². The van der Waals surface area contributed by atoms with E-state index in [0.717, 1.165) is 26.1 Å². The topological polar surface area (TPSA) is 18.5 Å². The summed E-state index contributed by atoms with van der Waals surface area (Å²) < 4.78 is 10.8. The Balaban J connectivity index is -0.000000202. The molecule has 0 aromatic rings. The number of halogens is 1. The van der Waals surface area contributed by atoms with E-state index in [1.165, 1.54) is 0 Å². The van der Waals surface area contributed by atoms with Gasteiger partial charge in [-0.3, -0.25) is 0 Å². The van der Waals surface area contributed by atoms with Gasteiger partial charge in [0.25, 0.3) is 0 Å². The predicted octanol–water partition coefficient (Wildman–Crippen LogP) is 1.91. The van der Waals surface area contributed by atoms with E-state index in [-0.39, 0.29) is 35.4 Å². The second-order valence-corrected chi connectivity index (χ2v) is 6.59. The normalized spacial score (nSPS) is 12.0. The molecule has 2 nitrogen and oxygen atoms in total. The van der Waals surface area contributed by atoms with Crippen molar-refractivity contribution in [1.82, 2.24) is 0 Å². The predicted molar refractivity (Wildman–Crippen MR) is 66.5 cm³/mol. The maximum atomic E-state index is 5.59. The molecule has 0 aliphatic carbocycles. The Labute approximate surface area is 111 Å². The Bertz CT molecular complexity index is 117. The summed E-state index contributed by atoms with van der Waals surface area (Å²) in [5, 5.41) is 0. The van der Waals surface area contributed by atoms with Crippen LogP contribution in [0.1, 0.15) is 29.5 Å². The molecular formula is C8H21BrMgO2Si. The van der Waals surface area contributed by atoms with Gasteiger partial charge >= 0.3 is 23.1 Å². The molecular weight excluding hydrogens is 260 g/mol. The van der Waals surface area contributed by atoms with E-state index < -0.39 is 4.32 Å². The van der Waals surface area contributed by atoms with E-state index in [1.54, 1.807) is 0 Å². The van der Waals surface area contributed by atoms with Crippen molar-refractivity contribution >= 4 is 48.5 Å². The molecule has 0 saturated heterocycles. The molecule has 0 N–H and O–H groups in total. The zero-order chi connectivity index (χ0) is 9.45. The van der Waals surface area contributed by atoms with Gasteiger partial charge in [0.05, 0.1) is 13.2 Å². The minimum Gasteiger partial charge on any atom is -1.00 e. The zero-order valence-corrected chi connectivity index (χ0v) is 13.4. The van der Waals surface area contributed by atoms with Gasteiger partial charge in [0.2, 0.25) is 0 Å². The Hall–Kier alpha value is 1.38. The fourth-order valence-corrected chi connectivity index (χ4v) is 1.78. The van der Waals surface area contributed by atoms with Gasteiger partial charge in [0.15, 0.2) is 4.32 Å². The molecule has 0 amide bonds. The van der Waals surface area contributed by atoms with Crippen molar-refractivity contribution in [1.29, 1.82) is 0 Å². The molecule has 0 fully saturated rings. The van der Waals surface area contributed by atoms with Crippen molar-refractivity contribution in [2.45, 2.75) is 37.6 Å². The van der Waals surface area contributed by atoms with Crippen LogP contribution in [-0.4, -0.2) is 50.1 Å². The monoisotopic (exact) mass is 280 g/mol. The van der Waals surface area contributed by atoms with Crippen LogP contribution in [0.15, 0.2) is 0 Å². The second-order valence-electron chi connectivity index (χ2n) is 2.71. The van der Waals surface area contributed by atoms with E-state index in [0.29, 0.717) is 0 Å². The van der Waals surface area contributed by atoms with Gasteiger partial charge in [-0.1, -0.05) is 20.4 Å². The number of hydrogen-bond acceptors (Lipinski definition) is 2. The average Bonchev–Trinajstić information content (AvgIpc) is 2.11. The summed E-state index contributed by atoms with van der Waals surface area (Å²) in [5.41, 5.74) is 0. The van der Waals surface area contributed by atoms with Gasteiger partial charge in [-0.15, -0.1) is 0 Å². The van der Waals surface area contributed by atoms with Gasteiger partial charge in [0.1, 0.15) is 9.52 Å². The Morgan fingerprint density at radius 1 is 1.23 bits per heavy atom. The summed E-state index contributed by atoms with van der Waals surface area (Å²) in [7, 11) is -0.337.